The molecule has 1 aromatic rings. The lowest BCUT2D eigenvalue weighted by Crippen LogP contribution is -2.39. The fraction of sp³-hybridized carbons (Fsp3) is 0.500. The largest absolute Gasteiger partial charge is 0.416 e. The summed E-state index contributed by atoms with van der Waals surface area (Å²) in [7, 11) is 1.52. The Labute approximate surface area is 121 Å². The van der Waals surface area contributed by atoms with E-state index < -0.39 is 11.7 Å². The highest BCUT2D eigenvalue weighted by molar-refractivity contribution is 5.81. The van der Waals surface area contributed by atoms with Crippen LogP contribution in [0.3, 0.4) is 0 Å². The van der Waals surface area contributed by atoms with Gasteiger partial charge in [0.15, 0.2) is 0 Å². The summed E-state index contributed by atoms with van der Waals surface area (Å²) in [6.45, 7) is 3.43. The number of rotatable bonds is 6. The standard InChI is InChI=1S/C14H19F3N2O2/c1-9-4-5-11(6-12(9)14(15,16)17)18-7-13(20)19-10(2)8-21-3/h4-6,10,18H,7-8H2,1-3H3,(H,19,20). The van der Waals surface area contributed by atoms with E-state index in [1.807, 2.05) is 0 Å². The smallest absolute Gasteiger partial charge is 0.383 e. The molecule has 0 heterocycles. The second-order valence-corrected chi connectivity index (χ2v) is 4.80. The maximum Gasteiger partial charge on any atom is 0.416 e. The number of halogens is 3. The van der Waals surface area contributed by atoms with Crippen molar-refractivity contribution in [3.05, 3.63) is 29.3 Å². The van der Waals surface area contributed by atoms with E-state index in [0.717, 1.165) is 6.07 Å². The summed E-state index contributed by atoms with van der Waals surface area (Å²) >= 11 is 0. The molecule has 7 heteroatoms. The second-order valence-electron chi connectivity index (χ2n) is 4.80. The van der Waals surface area contributed by atoms with Gasteiger partial charge in [-0.2, -0.15) is 13.2 Å². The van der Waals surface area contributed by atoms with Crippen LogP contribution in [0.15, 0.2) is 18.2 Å². The van der Waals surface area contributed by atoms with Crippen LogP contribution >= 0.6 is 0 Å². The summed E-state index contributed by atoms with van der Waals surface area (Å²) in [6, 6.07) is 3.72. The third kappa shape index (κ3) is 5.63. The minimum absolute atomic E-state index is 0.103. The average molecular weight is 304 g/mol. The first kappa shape index (κ1) is 17.3. The molecule has 0 radical (unpaired) electrons. The lowest BCUT2D eigenvalue weighted by molar-refractivity contribution is -0.138. The molecule has 0 bridgehead atoms. The van der Waals surface area contributed by atoms with Gasteiger partial charge in [0, 0.05) is 18.8 Å². The Morgan fingerprint density at radius 2 is 2.05 bits per heavy atom. The molecule has 1 amide bonds. The molecule has 21 heavy (non-hydrogen) atoms. The molecule has 0 saturated carbocycles. The lowest BCUT2D eigenvalue weighted by Gasteiger charge is -2.15. The molecular formula is C14H19F3N2O2. The van der Waals surface area contributed by atoms with Crippen LogP contribution in [0.25, 0.3) is 0 Å². The molecule has 0 aliphatic rings. The molecule has 1 unspecified atom stereocenters. The van der Waals surface area contributed by atoms with Crippen molar-refractivity contribution < 1.29 is 22.7 Å². The summed E-state index contributed by atoms with van der Waals surface area (Å²) < 4.78 is 43.2. The number of anilines is 1. The van der Waals surface area contributed by atoms with Gasteiger partial charge in [-0.1, -0.05) is 6.07 Å². The number of nitrogens with one attached hydrogen (secondary N) is 2. The highest BCUT2D eigenvalue weighted by Crippen LogP contribution is 2.33. The highest BCUT2D eigenvalue weighted by Gasteiger charge is 2.32. The molecule has 0 spiro atoms. The second kappa shape index (κ2) is 7.31. The molecule has 0 fully saturated rings. The summed E-state index contributed by atoms with van der Waals surface area (Å²) in [5.41, 5.74) is -0.311. The SMILES string of the molecule is COCC(C)NC(=O)CNc1ccc(C)c(C(F)(F)F)c1. The normalized spacial score (nSPS) is 12.9. The number of benzene rings is 1. The predicted octanol–water partition coefficient (Wildman–Crippen LogP) is 2.58. The topological polar surface area (TPSA) is 50.4 Å². The molecule has 0 aliphatic carbocycles. The number of alkyl halides is 3. The van der Waals surface area contributed by atoms with Gasteiger partial charge in [0.2, 0.25) is 5.91 Å². The van der Waals surface area contributed by atoms with E-state index in [9.17, 15) is 18.0 Å². The van der Waals surface area contributed by atoms with Crippen molar-refractivity contribution in [3.8, 4) is 0 Å². The fourth-order valence-electron chi connectivity index (χ4n) is 1.84. The van der Waals surface area contributed by atoms with E-state index in [1.165, 1.54) is 26.2 Å². The van der Waals surface area contributed by atoms with Gasteiger partial charge in [0.05, 0.1) is 18.7 Å². The summed E-state index contributed by atoms with van der Waals surface area (Å²) in [5.74, 6) is -0.311. The first-order valence-electron chi connectivity index (χ1n) is 6.44. The molecule has 4 nitrogen and oxygen atoms in total. The highest BCUT2D eigenvalue weighted by atomic mass is 19.4. The molecule has 1 rings (SSSR count). The van der Waals surface area contributed by atoms with Gasteiger partial charge in [0.1, 0.15) is 0 Å². The van der Waals surface area contributed by atoms with Crippen LogP contribution in [0.1, 0.15) is 18.1 Å². The molecule has 1 aromatic carbocycles. The zero-order valence-corrected chi connectivity index (χ0v) is 12.2. The molecule has 0 aromatic heterocycles. The maximum absolute atomic E-state index is 12.8. The zero-order chi connectivity index (χ0) is 16.0. The molecule has 0 aliphatic heterocycles. The lowest BCUT2D eigenvalue weighted by atomic mass is 10.1. The maximum atomic E-state index is 12.8. The minimum Gasteiger partial charge on any atom is -0.383 e. The Kier molecular flexibility index (Phi) is 6.02. The van der Waals surface area contributed by atoms with E-state index in [1.54, 1.807) is 6.92 Å². The minimum atomic E-state index is -4.41. The monoisotopic (exact) mass is 304 g/mol. The van der Waals surface area contributed by atoms with Gasteiger partial charge in [-0.25, -0.2) is 0 Å². The van der Waals surface area contributed by atoms with Crippen molar-refractivity contribution in [1.82, 2.24) is 5.32 Å². The van der Waals surface area contributed by atoms with Crippen LogP contribution in [0.4, 0.5) is 18.9 Å². The number of carbonyl (C=O) groups excluding carboxylic acids is 1. The van der Waals surface area contributed by atoms with Gasteiger partial charge in [-0.3, -0.25) is 4.79 Å². The number of amides is 1. The number of ether oxygens (including phenoxy) is 1. The quantitative estimate of drug-likeness (QED) is 0.849. The van der Waals surface area contributed by atoms with Crippen LogP contribution in [-0.4, -0.2) is 32.2 Å². The summed E-state index contributed by atoms with van der Waals surface area (Å²) in [6.07, 6.45) is -4.41. The van der Waals surface area contributed by atoms with Crippen LogP contribution in [0, 0.1) is 6.92 Å². The fourth-order valence-corrected chi connectivity index (χ4v) is 1.84. The third-order valence-corrected chi connectivity index (χ3v) is 2.82. The van der Waals surface area contributed by atoms with E-state index >= 15 is 0 Å². The third-order valence-electron chi connectivity index (χ3n) is 2.82. The zero-order valence-electron chi connectivity index (χ0n) is 12.2. The Morgan fingerprint density at radius 1 is 1.38 bits per heavy atom. The van der Waals surface area contributed by atoms with Crippen LogP contribution < -0.4 is 10.6 Å². The van der Waals surface area contributed by atoms with Crippen molar-refractivity contribution in [2.24, 2.45) is 0 Å². The number of carbonyl (C=O) groups is 1. The van der Waals surface area contributed by atoms with Crippen LogP contribution in [-0.2, 0) is 15.7 Å². The number of hydrogen-bond donors (Lipinski definition) is 2. The Morgan fingerprint density at radius 3 is 2.62 bits per heavy atom. The van der Waals surface area contributed by atoms with E-state index in [0.29, 0.717) is 6.61 Å². The summed E-state index contributed by atoms with van der Waals surface area (Å²) in [5, 5.41) is 5.34. The van der Waals surface area contributed by atoms with Gasteiger partial charge >= 0.3 is 6.18 Å². The van der Waals surface area contributed by atoms with Crippen molar-refractivity contribution in [2.45, 2.75) is 26.1 Å². The first-order valence-corrected chi connectivity index (χ1v) is 6.44. The average Bonchev–Trinajstić information content (AvgIpc) is 2.36. The van der Waals surface area contributed by atoms with E-state index in [-0.39, 0.29) is 29.7 Å². The van der Waals surface area contributed by atoms with Gasteiger partial charge in [0.25, 0.3) is 0 Å². The number of hydrogen-bond acceptors (Lipinski definition) is 3. The van der Waals surface area contributed by atoms with Crippen molar-refractivity contribution in [1.29, 1.82) is 0 Å². The Bertz CT molecular complexity index is 490. The molecule has 0 saturated heterocycles. The Balaban J connectivity index is 2.62. The van der Waals surface area contributed by atoms with Crippen molar-refractivity contribution >= 4 is 11.6 Å². The number of aryl methyl sites for hydroxylation is 1. The molecule has 2 N–H and O–H groups in total. The van der Waals surface area contributed by atoms with Crippen molar-refractivity contribution in [3.63, 3.8) is 0 Å². The predicted molar refractivity (Wildman–Crippen MR) is 74.2 cm³/mol. The van der Waals surface area contributed by atoms with Gasteiger partial charge in [-0.05, 0) is 31.5 Å². The van der Waals surface area contributed by atoms with Crippen LogP contribution in [0.2, 0.25) is 0 Å². The Hall–Kier alpha value is -1.76. The van der Waals surface area contributed by atoms with Crippen LogP contribution in [0.5, 0.6) is 0 Å². The van der Waals surface area contributed by atoms with Crippen molar-refractivity contribution in [2.75, 3.05) is 25.6 Å². The van der Waals surface area contributed by atoms with E-state index in [4.69, 9.17) is 4.74 Å². The van der Waals surface area contributed by atoms with E-state index in [2.05, 4.69) is 10.6 Å². The molecule has 118 valence electrons. The van der Waals surface area contributed by atoms with Gasteiger partial charge in [-0.15, -0.1) is 0 Å². The number of methoxy groups -OCH3 is 1. The molecular weight excluding hydrogens is 285 g/mol. The van der Waals surface area contributed by atoms with Gasteiger partial charge < -0.3 is 15.4 Å². The summed E-state index contributed by atoms with van der Waals surface area (Å²) in [4.78, 5) is 11.6. The molecule has 1 atom stereocenters. The first-order chi connectivity index (χ1) is 9.74.